The van der Waals surface area contributed by atoms with Crippen LogP contribution < -0.4 is 5.32 Å². The third kappa shape index (κ3) is 0.909. The van der Waals surface area contributed by atoms with Crippen molar-refractivity contribution in [3.63, 3.8) is 0 Å². The zero-order valence-corrected chi connectivity index (χ0v) is 7.59. The van der Waals surface area contributed by atoms with Crippen molar-refractivity contribution >= 4 is 5.69 Å². The Morgan fingerprint density at radius 3 is 3.25 bits per heavy atom. The van der Waals surface area contributed by atoms with Gasteiger partial charge in [-0.1, -0.05) is 13.8 Å². The van der Waals surface area contributed by atoms with E-state index in [1.165, 1.54) is 11.4 Å². The van der Waals surface area contributed by atoms with E-state index in [1.54, 1.807) is 0 Å². The van der Waals surface area contributed by atoms with Crippen LogP contribution in [0.15, 0.2) is 18.3 Å². The number of pyridine rings is 1. The van der Waals surface area contributed by atoms with Gasteiger partial charge in [0.2, 0.25) is 0 Å². The molecule has 0 aromatic carbocycles. The molecule has 0 radical (unpaired) electrons. The summed E-state index contributed by atoms with van der Waals surface area (Å²) in [5.41, 5.74) is 2.69. The van der Waals surface area contributed by atoms with E-state index in [1.807, 2.05) is 12.3 Å². The van der Waals surface area contributed by atoms with Gasteiger partial charge in [0, 0.05) is 18.2 Å². The van der Waals surface area contributed by atoms with E-state index in [-0.39, 0.29) is 5.41 Å². The summed E-state index contributed by atoms with van der Waals surface area (Å²) in [6.07, 6.45) is 3.02. The van der Waals surface area contributed by atoms with Gasteiger partial charge in [-0.2, -0.15) is 0 Å². The lowest BCUT2D eigenvalue weighted by Gasteiger charge is -2.19. The molecule has 2 heteroatoms. The second-order valence-electron chi connectivity index (χ2n) is 3.67. The van der Waals surface area contributed by atoms with Crippen LogP contribution in [-0.4, -0.2) is 11.5 Å². The quantitative estimate of drug-likeness (QED) is 0.684. The van der Waals surface area contributed by atoms with Crippen LogP contribution in [0.1, 0.15) is 26.0 Å². The van der Waals surface area contributed by atoms with Gasteiger partial charge >= 0.3 is 0 Å². The van der Waals surface area contributed by atoms with E-state index in [9.17, 15) is 0 Å². The van der Waals surface area contributed by atoms with Gasteiger partial charge in [0.05, 0.1) is 11.4 Å². The summed E-state index contributed by atoms with van der Waals surface area (Å²) in [6.45, 7) is 5.50. The fraction of sp³-hybridized carbons (Fsp3) is 0.500. The summed E-state index contributed by atoms with van der Waals surface area (Å²) in [7, 11) is 0. The van der Waals surface area contributed by atoms with E-state index in [2.05, 4.69) is 30.2 Å². The molecule has 1 aromatic heterocycles. The molecule has 1 N–H and O–H groups in total. The molecule has 1 unspecified atom stereocenters. The van der Waals surface area contributed by atoms with Gasteiger partial charge in [-0.15, -0.1) is 0 Å². The van der Waals surface area contributed by atoms with Crippen molar-refractivity contribution in [2.75, 3.05) is 11.9 Å². The fourth-order valence-electron chi connectivity index (χ4n) is 1.70. The fourth-order valence-corrected chi connectivity index (χ4v) is 1.70. The highest BCUT2D eigenvalue weighted by molar-refractivity contribution is 5.56. The Morgan fingerprint density at radius 1 is 1.67 bits per heavy atom. The minimum atomic E-state index is 0.247. The Morgan fingerprint density at radius 2 is 2.50 bits per heavy atom. The van der Waals surface area contributed by atoms with E-state index in [4.69, 9.17) is 0 Å². The van der Waals surface area contributed by atoms with Gasteiger partial charge in [-0.3, -0.25) is 4.98 Å². The van der Waals surface area contributed by atoms with Crippen LogP contribution in [-0.2, 0) is 5.41 Å². The summed E-state index contributed by atoms with van der Waals surface area (Å²) in [6, 6.07) is 4.08. The number of hydrogen-bond acceptors (Lipinski definition) is 2. The first kappa shape index (κ1) is 7.59. The summed E-state index contributed by atoms with van der Waals surface area (Å²) in [5.74, 6) is 0. The SMILES string of the molecule is CCC1(C)CNc2cccnc21. The second kappa shape index (κ2) is 2.47. The highest BCUT2D eigenvalue weighted by atomic mass is 15.0. The van der Waals surface area contributed by atoms with Crippen molar-refractivity contribution in [3.8, 4) is 0 Å². The lowest BCUT2D eigenvalue weighted by molar-refractivity contribution is 0.490. The molecule has 0 saturated heterocycles. The predicted molar refractivity (Wildman–Crippen MR) is 50.4 cm³/mol. The molecule has 2 rings (SSSR count). The van der Waals surface area contributed by atoms with Gasteiger partial charge in [0.25, 0.3) is 0 Å². The van der Waals surface area contributed by atoms with Crippen LogP contribution in [0.5, 0.6) is 0 Å². The number of fused-ring (bicyclic) bond motifs is 1. The van der Waals surface area contributed by atoms with E-state index < -0.39 is 0 Å². The monoisotopic (exact) mass is 162 g/mol. The third-order valence-corrected chi connectivity index (χ3v) is 2.83. The first-order valence-electron chi connectivity index (χ1n) is 4.45. The van der Waals surface area contributed by atoms with Gasteiger partial charge in [0.1, 0.15) is 0 Å². The normalized spacial score (nSPS) is 26.5. The maximum absolute atomic E-state index is 4.42. The molecule has 0 bridgehead atoms. The average Bonchev–Trinajstić information content (AvgIpc) is 2.46. The summed E-state index contributed by atoms with van der Waals surface area (Å²) in [5, 5.41) is 3.38. The summed E-state index contributed by atoms with van der Waals surface area (Å²) < 4.78 is 0. The Labute approximate surface area is 73.0 Å². The van der Waals surface area contributed by atoms with Gasteiger partial charge in [-0.25, -0.2) is 0 Å². The summed E-state index contributed by atoms with van der Waals surface area (Å²) >= 11 is 0. The Balaban J connectivity index is 2.49. The molecule has 0 amide bonds. The molecular weight excluding hydrogens is 148 g/mol. The van der Waals surface area contributed by atoms with Crippen LogP contribution >= 0.6 is 0 Å². The highest BCUT2D eigenvalue weighted by Crippen LogP contribution is 2.36. The number of nitrogens with zero attached hydrogens (tertiary/aromatic N) is 1. The predicted octanol–water partition coefficient (Wildman–Crippen LogP) is 2.17. The standard InChI is InChI=1S/C10H14N2/c1-3-10(2)7-12-8-5-4-6-11-9(8)10/h4-6,12H,3,7H2,1-2H3. The number of nitrogens with one attached hydrogen (secondary N) is 1. The average molecular weight is 162 g/mol. The minimum Gasteiger partial charge on any atom is -0.383 e. The van der Waals surface area contributed by atoms with E-state index in [0.29, 0.717) is 0 Å². The number of aromatic nitrogens is 1. The first-order valence-corrected chi connectivity index (χ1v) is 4.45. The highest BCUT2D eigenvalue weighted by Gasteiger charge is 2.33. The van der Waals surface area contributed by atoms with E-state index in [0.717, 1.165) is 13.0 Å². The maximum Gasteiger partial charge on any atom is 0.0710 e. The van der Waals surface area contributed by atoms with Crippen molar-refractivity contribution in [3.05, 3.63) is 24.0 Å². The van der Waals surface area contributed by atoms with E-state index >= 15 is 0 Å². The number of hydrogen-bond donors (Lipinski definition) is 1. The van der Waals surface area contributed by atoms with Crippen molar-refractivity contribution < 1.29 is 0 Å². The van der Waals surface area contributed by atoms with Crippen LogP contribution in [0.4, 0.5) is 5.69 Å². The van der Waals surface area contributed by atoms with Crippen molar-refractivity contribution in [2.24, 2.45) is 0 Å². The summed E-state index contributed by atoms with van der Waals surface area (Å²) in [4.78, 5) is 4.42. The van der Waals surface area contributed by atoms with Crippen LogP contribution in [0.25, 0.3) is 0 Å². The molecule has 1 atom stereocenters. The van der Waals surface area contributed by atoms with Crippen molar-refractivity contribution in [1.29, 1.82) is 0 Å². The van der Waals surface area contributed by atoms with Crippen LogP contribution in [0, 0.1) is 0 Å². The Hall–Kier alpha value is -1.05. The largest absolute Gasteiger partial charge is 0.383 e. The Kier molecular flexibility index (Phi) is 1.56. The van der Waals surface area contributed by atoms with Crippen LogP contribution in [0.2, 0.25) is 0 Å². The lowest BCUT2D eigenvalue weighted by atomic mass is 9.86. The molecule has 1 aliphatic rings. The van der Waals surface area contributed by atoms with Crippen LogP contribution in [0.3, 0.4) is 0 Å². The third-order valence-electron chi connectivity index (χ3n) is 2.83. The molecule has 12 heavy (non-hydrogen) atoms. The molecule has 1 aliphatic heterocycles. The molecule has 1 aromatic rings. The van der Waals surface area contributed by atoms with Gasteiger partial charge < -0.3 is 5.32 Å². The topological polar surface area (TPSA) is 24.9 Å². The molecular formula is C10H14N2. The number of anilines is 1. The zero-order valence-electron chi connectivity index (χ0n) is 7.59. The smallest absolute Gasteiger partial charge is 0.0710 e. The Bertz CT molecular complexity index is 296. The van der Waals surface area contributed by atoms with Gasteiger partial charge in [-0.05, 0) is 18.6 Å². The first-order chi connectivity index (χ1) is 5.76. The molecule has 0 aliphatic carbocycles. The maximum atomic E-state index is 4.42. The lowest BCUT2D eigenvalue weighted by Crippen LogP contribution is -2.23. The number of rotatable bonds is 1. The van der Waals surface area contributed by atoms with Gasteiger partial charge in [0.15, 0.2) is 0 Å². The molecule has 64 valence electrons. The van der Waals surface area contributed by atoms with Crippen molar-refractivity contribution in [1.82, 2.24) is 4.98 Å². The van der Waals surface area contributed by atoms with Crippen molar-refractivity contribution in [2.45, 2.75) is 25.7 Å². The molecule has 0 saturated carbocycles. The minimum absolute atomic E-state index is 0.247. The molecule has 2 nitrogen and oxygen atoms in total. The second-order valence-corrected chi connectivity index (χ2v) is 3.67. The zero-order chi connectivity index (χ0) is 8.60. The molecule has 2 heterocycles. The molecule has 0 fully saturated rings. The molecule has 0 spiro atoms.